The lowest BCUT2D eigenvalue weighted by molar-refractivity contribution is -0.167. The number of ether oxygens (including phenoxy) is 3. The largest absolute Gasteiger partial charge is 0.462 e. The van der Waals surface area contributed by atoms with Crippen molar-refractivity contribution in [2.24, 2.45) is 11.8 Å². The fourth-order valence-electron chi connectivity index (χ4n) is 8.13. The molecule has 0 aromatic heterocycles. The van der Waals surface area contributed by atoms with Crippen LogP contribution in [0.5, 0.6) is 0 Å². The zero-order chi connectivity index (χ0) is 44.0. The molecule has 0 aromatic carbocycles. The first-order chi connectivity index (χ1) is 29.3. The topological polar surface area (TPSA) is 78.9 Å². The molecule has 0 radical (unpaired) electrons. The molecule has 0 aliphatic rings. The predicted molar refractivity (Wildman–Crippen MR) is 256 cm³/mol. The highest BCUT2D eigenvalue weighted by Gasteiger charge is 2.19. The van der Waals surface area contributed by atoms with Crippen molar-refractivity contribution in [1.82, 2.24) is 0 Å². The van der Waals surface area contributed by atoms with Crippen molar-refractivity contribution in [3.63, 3.8) is 0 Å². The minimum atomic E-state index is -0.761. The summed E-state index contributed by atoms with van der Waals surface area (Å²) >= 11 is 0. The molecule has 0 amide bonds. The molecular formula is C54H104O6. The Labute approximate surface area is 374 Å². The molecule has 0 aromatic rings. The van der Waals surface area contributed by atoms with Gasteiger partial charge in [0.05, 0.1) is 0 Å². The first-order valence-corrected chi connectivity index (χ1v) is 26.8. The van der Waals surface area contributed by atoms with Crippen molar-refractivity contribution >= 4 is 17.9 Å². The Hall–Kier alpha value is -1.59. The van der Waals surface area contributed by atoms with Crippen molar-refractivity contribution in [2.75, 3.05) is 13.2 Å². The molecule has 0 rings (SSSR count). The molecule has 1 unspecified atom stereocenters. The maximum Gasteiger partial charge on any atom is 0.306 e. The van der Waals surface area contributed by atoms with Crippen LogP contribution >= 0.6 is 0 Å². The van der Waals surface area contributed by atoms with E-state index in [0.717, 1.165) is 69.6 Å². The third-order valence-electron chi connectivity index (χ3n) is 12.6. The van der Waals surface area contributed by atoms with Crippen LogP contribution in [0.2, 0.25) is 0 Å². The number of hydrogen-bond acceptors (Lipinski definition) is 6. The van der Waals surface area contributed by atoms with Crippen LogP contribution in [-0.2, 0) is 28.6 Å². The van der Waals surface area contributed by atoms with Gasteiger partial charge in [-0.25, -0.2) is 0 Å². The van der Waals surface area contributed by atoms with E-state index < -0.39 is 6.10 Å². The molecule has 6 heteroatoms. The van der Waals surface area contributed by atoms with E-state index in [9.17, 15) is 14.4 Å². The maximum atomic E-state index is 12.8. The van der Waals surface area contributed by atoms with E-state index in [0.29, 0.717) is 19.3 Å². The highest BCUT2D eigenvalue weighted by atomic mass is 16.6. The lowest BCUT2D eigenvalue weighted by atomic mass is 9.99. The second kappa shape index (κ2) is 46.9. The van der Waals surface area contributed by atoms with E-state index in [4.69, 9.17) is 14.2 Å². The van der Waals surface area contributed by atoms with Gasteiger partial charge in [-0.05, 0) is 31.1 Å². The Kier molecular flexibility index (Phi) is 45.7. The Bertz CT molecular complexity index is 918. The summed E-state index contributed by atoms with van der Waals surface area (Å²) in [4.78, 5) is 37.9. The molecule has 60 heavy (non-hydrogen) atoms. The van der Waals surface area contributed by atoms with Crippen molar-refractivity contribution in [3.05, 3.63) is 0 Å². The van der Waals surface area contributed by atoms with Gasteiger partial charge in [-0.15, -0.1) is 0 Å². The van der Waals surface area contributed by atoms with Crippen LogP contribution in [0.4, 0.5) is 0 Å². The smallest absolute Gasteiger partial charge is 0.306 e. The predicted octanol–water partition coefficient (Wildman–Crippen LogP) is 17.3. The lowest BCUT2D eigenvalue weighted by Gasteiger charge is -2.18. The Morgan fingerprint density at radius 2 is 0.633 bits per heavy atom. The van der Waals surface area contributed by atoms with E-state index in [-0.39, 0.29) is 31.1 Å². The zero-order valence-corrected chi connectivity index (χ0v) is 41.1. The van der Waals surface area contributed by atoms with Crippen LogP contribution in [-0.4, -0.2) is 37.2 Å². The average molecular weight is 849 g/mol. The number of carbonyl (C=O) groups is 3. The van der Waals surface area contributed by atoms with Gasteiger partial charge >= 0.3 is 17.9 Å². The monoisotopic (exact) mass is 849 g/mol. The standard InChI is InChI=1S/C54H104O6/c1-6-8-9-10-11-22-29-34-39-44-52(55)58-47-51(60-54(57)46-41-36-31-26-25-28-33-38-43-50(5)7-2)48-59-53(56)45-40-35-30-24-21-19-17-15-13-12-14-16-18-20-23-27-32-37-42-49(3)4/h49-51H,6-48H2,1-5H3/t50?,51-/m0/s1. The van der Waals surface area contributed by atoms with Crippen LogP contribution in [0.1, 0.15) is 298 Å². The average Bonchev–Trinajstić information content (AvgIpc) is 3.23. The summed E-state index contributed by atoms with van der Waals surface area (Å²) in [6.45, 7) is 11.4. The molecule has 6 nitrogen and oxygen atoms in total. The van der Waals surface area contributed by atoms with Crippen LogP contribution in [0, 0.1) is 11.8 Å². The summed E-state index contributed by atoms with van der Waals surface area (Å²) < 4.78 is 16.8. The summed E-state index contributed by atoms with van der Waals surface area (Å²) in [5, 5.41) is 0. The van der Waals surface area contributed by atoms with Gasteiger partial charge in [0.15, 0.2) is 6.10 Å². The van der Waals surface area contributed by atoms with Gasteiger partial charge in [0.2, 0.25) is 0 Å². The molecule has 0 fully saturated rings. The summed E-state index contributed by atoms with van der Waals surface area (Å²) in [5.41, 5.74) is 0. The van der Waals surface area contributed by atoms with Crippen LogP contribution in [0.3, 0.4) is 0 Å². The molecule has 0 saturated carbocycles. The molecule has 0 N–H and O–H groups in total. The van der Waals surface area contributed by atoms with Crippen LogP contribution in [0.25, 0.3) is 0 Å². The number of unbranched alkanes of at least 4 members (excludes halogenated alkanes) is 32. The molecule has 356 valence electrons. The fraction of sp³-hybridized carbons (Fsp3) is 0.944. The summed E-state index contributed by atoms with van der Waals surface area (Å²) in [5.74, 6) is 0.853. The van der Waals surface area contributed by atoms with Gasteiger partial charge in [0.1, 0.15) is 13.2 Å². The Morgan fingerprint density at radius 1 is 0.350 bits per heavy atom. The van der Waals surface area contributed by atoms with Gasteiger partial charge in [0, 0.05) is 19.3 Å². The third kappa shape index (κ3) is 45.9. The van der Waals surface area contributed by atoms with Gasteiger partial charge in [-0.1, -0.05) is 259 Å². The number of hydrogen-bond donors (Lipinski definition) is 0. The number of rotatable bonds is 48. The van der Waals surface area contributed by atoms with E-state index >= 15 is 0 Å². The second-order valence-electron chi connectivity index (χ2n) is 19.2. The minimum Gasteiger partial charge on any atom is -0.462 e. The van der Waals surface area contributed by atoms with E-state index in [1.165, 1.54) is 186 Å². The molecule has 0 aliphatic carbocycles. The van der Waals surface area contributed by atoms with Crippen molar-refractivity contribution in [1.29, 1.82) is 0 Å². The Balaban J connectivity index is 4.18. The third-order valence-corrected chi connectivity index (χ3v) is 12.6. The SMILES string of the molecule is CCCCCCCCCCCC(=O)OC[C@@H](COC(=O)CCCCCCCCCCCCCCCCCCCCC(C)C)OC(=O)CCCCCCCCCCC(C)CC. The minimum absolute atomic E-state index is 0.0639. The highest BCUT2D eigenvalue weighted by Crippen LogP contribution is 2.18. The van der Waals surface area contributed by atoms with Gasteiger partial charge in [0.25, 0.3) is 0 Å². The highest BCUT2D eigenvalue weighted by molar-refractivity contribution is 5.71. The van der Waals surface area contributed by atoms with E-state index in [1.807, 2.05) is 0 Å². The van der Waals surface area contributed by atoms with E-state index in [1.54, 1.807) is 0 Å². The van der Waals surface area contributed by atoms with Crippen molar-refractivity contribution in [2.45, 2.75) is 304 Å². The van der Waals surface area contributed by atoms with Crippen LogP contribution < -0.4 is 0 Å². The lowest BCUT2D eigenvalue weighted by Crippen LogP contribution is -2.30. The summed E-state index contributed by atoms with van der Waals surface area (Å²) in [6, 6.07) is 0. The first kappa shape index (κ1) is 58.4. The summed E-state index contributed by atoms with van der Waals surface area (Å²) in [7, 11) is 0. The second-order valence-corrected chi connectivity index (χ2v) is 19.2. The fourth-order valence-corrected chi connectivity index (χ4v) is 8.13. The van der Waals surface area contributed by atoms with Crippen molar-refractivity contribution < 1.29 is 28.6 Å². The van der Waals surface area contributed by atoms with Gasteiger partial charge < -0.3 is 14.2 Å². The van der Waals surface area contributed by atoms with Gasteiger partial charge in [-0.3, -0.25) is 14.4 Å². The molecule has 0 heterocycles. The van der Waals surface area contributed by atoms with Gasteiger partial charge in [-0.2, -0.15) is 0 Å². The Morgan fingerprint density at radius 3 is 0.950 bits per heavy atom. The molecule has 0 aliphatic heterocycles. The maximum absolute atomic E-state index is 12.8. The molecular weight excluding hydrogens is 745 g/mol. The van der Waals surface area contributed by atoms with Crippen LogP contribution in [0.15, 0.2) is 0 Å². The number of carbonyl (C=O) groups excluding carboxylic acids is 3. The molecule has 0 saturated heterocycles. The van der Waals surface area contributed by atoms with Crippen molar-refractivity contribution in [3.8, 4) is 0 Å². The van der Waals surface area contributed by atoms with E-state index in [2.05, 4.69) is 34.6 Å². The quantitative estimate of drug-likeness (QED) is 0.0345. The zero-order valence-electron chi connectivity index (χ0n) is 41.1. The molecule has 0 spiro atoms. The molecule has 2 atom stereocenters. The number of esters is 3. The normalized spacial score (nSPS) is 12.5. The first-order valence-electron chi connectivity index (χ1n) is 26.8. The molecule has 0 bridgehead atoms. The summed E-state index contributed by atoms with van der Waals surface area (Å²) in [6.07, 6.45) is 48.1.